The fraction of sp³-hybridized carbons (Fsp3) is 0.462. The number of aromatic nitrogens is 2. The molecule has 4 nitrogen and oxygen atoms in total. The van der Waals surface area contributed by atoms with Crippen LogP contribution in [0, 0.1) is 5.92 Å². The average Bonchev–Trinajstić information content (AvgIpc) is 3.09. The van der Waals surface area contributed by atoms with Gasteiger partial charge in [0, 0.05) is 25.5 Å². The molecular formula is C13H17N3O. The van der Waals surface area contributed by atoms with Crippen LogP contribution in [0.15, 0.2) is 30.6 Å². The summed E-state index contributed by atoms with van der Waals surface area (Å²) < 4.78 is 2.01. The molecule has 0 bridgehead atoms. The molecule has 1 atom stereocenters. The van der Waals surface area contributed by atoms with Gasteiger partial charge in [-0.3, -0.25) is 0 Å². The number of nitrogens with one attached hydrogen (secondary N) is 1. The Labute approximate surface area is 100 Å². The van der Waals surface area contributed by atoms with Crippen molar-refractivity contribution in [3.8, 4) is 0 Å². The number of nitrogens with zero attached hydrogens (tertiary/aromatic N) is 2. The molecule has 1 aliphatic carbocycles. The van der Waals surface area contributed by atoms with Crippen molar-refractivity contribution in [3.05, 3.63) is 36.3 Å². The SMILES string of the molecule is OC(CNCc1cn2ccccc2n1)C1CC1. The Morgan fingerprint density at radius 1 is 1.47 bits per heavy atom. The Morgan fingerprint density at radius 2 is 2.35 bits per heavy atom. The third-order valence-corrected chi connectivity index (χ3v) is 3.24. The van der Waals surface area contributed by atoms with E-state index in [0.29, 0.717) is 19.0 Å². The van der Waals surface area contributed by atoms with E-state index in [2.05, 4.69) is 10.3 Å². The van der Waals surface area contributed by atoms with Crippen molar-refractivity contribution in [1.82, 2.24) is 14.7 Å². The predicted octanol–water partition coefficient (Wildman–Crippen LogP) is 1.19. The zero-order valence-electron chi connectivity index (χ0n) is 9.71. The highest BCUT2D eigenvalue weighted by atomic mass is 16.3. The third kappa shape index (κ3) is 2.48. The van der Waals surface area contributed by atoms with E-state index in [-0.39, 0.29) is 6.10 Å². The summed E-state index contributed by atoms with van der Waals surface area (Å²) in [5.41, 5.74) is 1.98. The Kier molecular flexibility index (Phi) is 2.82. The van der Waals surface area contributed by atoms with Gasteiger partial charge >= 0.3 is 0 Å². The highest BCUT2D eigenvalue weighted by Gasteiger charge is 2.29. The topological polar surface area (TPSA) is 49.6 Å². The second kappa shape index (κ2) is 4.47. The first-order chi connectivity index (χ1) is 8.33. The van der Waals surface area contributed by atoms with Crippen LogP contribution in [0.3, 0.4) is 0 Å². The van der Waals surface area contributed by atoms with Gasteiger partial charge < -0.3 is 14.8 Å². The second-order valence-corrected chi connectivity index (χ2v) is 4.73. The lowest BCUT2D eigenvalue weighted by Crippen LogP contribution is -2.27. The number of hydrogen-bond donors (Lipinski definition) is 2. The van der Waals surface area contributed by atoms with Crippen molar-refractivity contribution >= 4 is 5.65 Å². The molecular weight excluding hydrogens is 214 g/mol. The molecule has 0 saturated heterocycles. The van der Waals surface area contributed by atoms with E-state index in [1.807, 2.05) is 35.0 Å². The summed E-state index contributed by atoms with van der Waals surface area (Å²) in [4.78, 5) is 4.49. The molecule has 1 unspecified atom stereocenters. The summed E-state index contributed by atoms with van der Waals surface area (Å²) in [6.45, 7) is 1.38. The summed E-state index contributed by atoms with van der Waals surface area (Å²) in [6, 6.07) is 5.96. The van der Waals surface area contributed by atoms with Crippen molar-refractivity contribution < 1.29 is 5.11 Å². The van der Waals surface area contributed by atoms with E-state index < -0.39 is 0 Å². The number of rotatable bonds is 5. The van der Waals surface area contributed by atoms with Crippen molar-refractivity contribution in [2.75, 3.05) is 6.54 Å². The minimum Gasteiger partial charge on any atom is -0.392 e. The van der Waals surface area contributed by atoms with Gasteiger partial charge in [0.2, 0.25) is 0 Å². The summed E-state index contributed by atoms with van der Waals surface area (Å²) in [7, 11) is 0. The molecule has 1 aliphatic rings. The lowest BCUT2D eigenvalue weighted by molar-refractivity contribution is 0.148. The van der Waals surface area contributed by atoms with Gasteiger partial charge in [-0.05, 0) is 30.9 Å². The van der Waals surface area contributed by atoms with Crippen LogP contribution in [0.2, 0.25) is 0 Å². The van der Waals surface area contributed by atoms with Gasteiger partial charge in [0.25, 0.3) is 0 Å². The maximum Gasteiger partial charge on any atom is 0.137 e. The van der Waals surface area contributed by atoms with Gasteiger partial charge in [0.15, 0.2) is 0 Å². The third-order valence-electron chi connectivity index (χ3n) is 3.24. The first-order valence-electron chi connectivity index (χ1n) is 6.14. The number of aliphatic hydroxyl groups excluding tert-OH is 1. The lowest BCUT2D eigenvalue weighted by Gasteiger charge is -2.08. The maximum atomic E-state index is 9.72. The van der Waals surface area contributed by atoms with Crippen LogP contribution in [0.1, 0.15) is 18.5 Å². The highest BCUT2D eigenvalue weighted by molar-refractivity contribution is 5.39. The molecule has 90 valence electrons. The molecule has 0 spiro atoms. The standard InChI is InChI=1S/C13H17N3O/c17-12(10-4-5-10)8-14-7-11-9-16-6-2-1-3-13(16)15-11/h1-3,6,9-10,12,14,17H,4-5,7-8H2. The van der Waals surface area contributed by atoms with Crippen LogP contribution in [-0.2, 0) is 6.54 Å². The van der Waals surface area contributed by atoms with Gasteiger partial charge in [0.1, 0.15) is 5.65 Å². The summed E-state index contributed by atoms with van der Waals surface area (Å²) >= 11 is 0. The molecule has 1 fully saturated rings. The molecule has 1 saturated carbocycles. The van der Waals surface area contributed by atoms with Crippen LogP contribution in [0.5, 0.6) is 0 Å². The van der Waals surface area contributed by atoms with Gasteiger partial charge in [0.05, 0.1) is 11.8 Å². The van der Waals surface area contributed by atoms with Crippen molar-refractivity contribution in [1.29, 1.82) is 0 Å². The van der Waals surface area contributed by atoms with Crippen LogP contribution in [0.4, 0.5) is 0 Å². The largest absolute Gasteiger partial charge is 0.392 e. The number of aliphatic hydroxyl groups is 1. The number of hydrogen-bond acceptors (Lipinski definition) is 3. The monoisotopic (exact) mass is 231 g/mol. The molecule has 0 amide bonds. The fourth-order valence-electron chi connectivity index (χ4n) is 2.07. The number of imidazole rings is 1. The minimum absolute atomic E-state index is 0.188. The Hall–Kier alpha value is -1.39. The summed E-state index contributed by atoms with van der Waals surface area (Å²) in [6.07, 6.45) is 6.18. The smallest absolute Gasteiger partial charge is 0.137 e. The molecule has 2 N–H and O–H groups in total. The molecule has 2 heterocycles. The summed E-state index contributed by atoms with van der Waals surface area (Å²) in [5.74, 6) is 0.531. The van der Waals surface area contributed by atoms with E-state index in [1.54, 1.807) is 0 Å². The second-order valence-electron chi connectivity index (χ2n) is 4.73. The Bertz CT molecular complexity index is 471. The predicted molar refractivity (Wildman–Crippen MR) is 65.6 cm³/mol. The molecule has 17 heavy (non-hydrogen) atoms. The highest BCUT2D eigenvalue weighted by Crippen LogP contribution is 2.32. The first kappa shape index (κ1) is 10.7. The minimum atomic E-state index is -0.188. The number of fused-ring (bicyclic) bond motifs is 1. The quantitative estimate of drug-likeness (QED) is 0.813. The molecule has 2 aromatic rings. The molecule has 3 rings (SSSR count). The fourth-order valence-corrected chi connectivity index (χ4v) is 2.07. The molecule has 0 aliphatic heterocycles. The van der Waals surface area contributed by atoms with E-state index in [1.165, 1.54) is 12.8 Å². The van der Waals surface area contributed by atoms with Gasteiger partial charge in [-0.15, -0.1) is 0 Å². The van der Waals surface area contributed by atoms with Gasteiger partial charge in [-0.2, -0.15) is 0 Å². The molecule has 0 aromatic carbocycles. The zero-order chi connectivity index (χ0) is 11.7. The van der Waals surface area contributed by atoms with Gasteiger partial charge in [-0.1, -0.05) is 6.07 Å². The van der Waals surface area contributed by atoms with Crippen molar-refractivity contribution in [2.24, 2.45) is 5.92 Å². The van der Waals surface area contributed by atoms with E-state index in [0.717, 1.165) is 11.3 Å². The van der Waals surface area contributed by atoms with Crippen LogP contribution < -0.4 is 5.32 Å². The van der Waals surface area contributed by atoms with Crippen LogP contribution in [-0.4, -0.2) is 27.1 Å². The molecule has 2 aromatic heterocycles. The van der Waals surface area contributed by atoms with Gasteiger partial charge in [-0.25, -0.2) is 4.98 Å². The van der Waals surface area contributed by atoms with Crippen molar-refractivity contribution in [3.63, 3.8) is 0 Å². The zero-order valence-corrected chi connectivity index (χ0v) is 9.71. The normalized spacial score (nSPS) is 17.5. The first-order valence-corrected chi connectivity index (χ1v) is 6.14. The summed E-state index contributed by atoms with van der Waals surface area (Å²) in [5, 5.41) is 13.0. The number of pyridine rings is 1. The van der Waals surface area contributed by atoms with E-state index in [9.17, 15) is 5.11 Å². The average molecular weight is 231 g/mol. The Morgan fingerprint density at radius 3 is 3.12 bits per heavy atom. The van der Waals surface area contributed by atoms with Crippen LogP contribution in [0.25, 0.3) is 5.65 Å². The lowest BCUT2D eigenvalue weighted by atomic mass is 10.2. The van der Waals surface area contributed by atoms with Crippen LogP contribution >= 0.6 is 0 Å². The van der Waals surface area contributed by atoms with E-state index >= 15 is 0 Å². The maximum absolute atomic E-state index is 9.72. The Balaban J connectivity index is 1.57. The molecule has 0 radical (unpaired) electrons. The molecule has 4 heteroatoms. The van der Waals surface area contributed by atoms with Crippen molar-refractivity contribution in [2.45, 2.75) is 25.5 Å². The van der Waals surface area contributed by atoms with E-state index in [4.69, 9.17) is 0 Å².